The Kier molecular flexibility index (Phi) is 6.12. The summed E-state index contributed by atoms with van der Waals surface area (Å²) in [6.45, 7) is 4.49. The Bertz CT molecular complexity index is 531. The van der Waals surface area contributed by atoms with E-state index >= 15 is 0 Å². The molecule has 0 radical (unpaired) electrons. The normalized spacial score (nSPS) is 15.2. The molecule has 19 heavy (non-hydrogen) atoms. The Morgan fingerprint density at radius 2 is 1.89 bits per heavy atom. The van der Waals surface area contributed by atoms with Crippen LogP contribution in [0.1, 0.15) is 25.5 Å². The number of hydrogen-bond donors (Lipinski definition) is 1. The number of benzene rings is 1. The quantitative estimate of drug-likeness (QED) is 0.873. The summed E-state index contributed by atoms with van der Waals surface area (Å²) in [5, 5.41) is 4.35. The van der Waals surface area contributed by atoms with Crippen LogP contribution in [0.2, 0.25) is 10.0 Å². The first-order valence-corrected chi connectivity index (χ1v) is 8.87. The fraction of sp³-hybridized carbons (Fsp3) is 0.538. The monoisotopic (exact) mass is 323 g/mol. The van der Waals surface area contributed by atoms with Crippen molar-refractivity contribution in [2.45, 2.75) is 19.9 Å². The molecule has 0 unspecified atom stereocenters. The molecule has 0 aliphatic rings. The Morgan fingerprint density at radius 1 is 1.26 bits per heavy atom. The number of hydrogen-bond acceptors (Lipinski definition) is 3. The lowest BCUT2D eigenvalue weighted by atomic mass is 10.1. The summed E-state index contributed by atoms with van der Waals surface area (Å²) in [5.41, 5.74) is 0.917. The Balaban J connectivity index is 2.61. The number of sulfone groups is 1. The van der Waals surface area contributed by atoms with Gasteiger partial charge in [-0.3, -0.25) is 0 Å². The Hall–Kier alpha value is -0.290. The van der Waals surface area contributed by atoms with Gasteiger partial charge in [-0.2, -0.15) is 0 Å². The molecule has 1 aromatic rings. The number of nitrogens with one attached hydrogen (secondary N) is 1. The summed E-state index contributed by atoms with van der Waals surface area (Å²) in [6.07, 6.45) is 1.25. The van der Waals surface area contributed by atoms with Crippen molar-refractivity contribution in [3.63, 3.8) is 0 Å². The summed E-state index contributed by atoms with van der Waals surface area (Å²) < 4.78 is 22.4. The topological polar surface area (TPSA) is 46.2 Å². The third-order valence-electron chi connectivity index (χ3n) is 2.81. The predicted molar refractivity (Wildman–Crippen MR) is 81.8 cm³/mol. The second-order valence-electron chi connectivity index (χ2n) is 4.97. The van der Waals surface area contributed by atoms with Crippen LogP contribution in [0.4, 0.5) is 0 Å². The highest BCUT2D eigenvalue weighted by atomic mass is 35.5. The fourth-order valence-corrected chi connectivity index (χ4v) is 3.54. The molecule has 1 aromatic carbocycles. The van der Waals surface area contributed by atoms with Gasteiger partial charge in [0.05, 0.1) is 15.8 Å². The van der Waals surface area contributed by atoms with Crippen LogP contribution < -0.4 is 5.32 Å². The lowest BCUT2D eigenvalue weighted by Crippen LogP contribution is -2.28. The molecule has 3 nitrogen and oxygen atoms in total. The van der Waals surface area contributed by atoms with Crippen molar-refractivity contribution in [2.75, 3.05) is 18.6 Å². The van der Waals surface area contributed by atoms with E-state index in [9.17, 15) is 8.42 Å². The summed E-state index contributed by atoms with van der Waals surface area (Å²) in [4.78, 5) is 0. The van der Waals surface area contributed by atoms with E-state index in [1.807, 2.05) is 26.0 Å². The molecule has 6 heteroatoms. The van der Waals surface area contributed by atoms with Gasteiger partial charge in [-0.25, -0.2) is 8.42 Å². The lowest BCUT2D eigenvalue weighted by Gasteiger charge is -2.19. The van der Waals surface area contributed by atoms with Crippen LogP contribution in [0.5, 0.6) is 0 Å². The zero-order valence-electron chi connectivity index (χ0n) is 11.3. The van der Waals surface area contributed by atoms with E-state index in [1.54, 1.807) is 6.07 Å². The van der Waals surface area contributed by atoms with Gasteiger partial charge in [0.15, 0.2) is 0 Å². The van der Waals surface area contributed by atoms with E-state index in [1.165, 1.54) is 6.26 Å². The molecular formula is C13H19Cl2NO2S. The van der Waals surface area contributed by atoms with Gasteiger partial charge in [0.2, 0.25) is 0 Å². The average molecular weight is 324 g/mol. The molecular weight excluding hydrogens is 305 g/mol. The van der Waals surface area contributed by atoms with Gasteiger partial charge in [0.1, 0.15) is 9.84 Å². The minimum absolute atomic E-state index is 0.0215. The van der Waals surface area contributed by atoms with E-state index in [4.69, 9.17) is 23.2 Å². The van der Waals surface area contributed by atoms with Crippen LogP contribution in [0.3, 0.4) is 0 Å². The van der Waals surface area contributed by atoms with Gasteiger partial charge in [-0.1, -0.05) is 42.3 Å². The SMILES string of the molecule is C[C@H](CN[C@@H](C)c1cccc(Cl)c1Cl)CS(C)(=O)=O. The summed E-state index contributed by atoms with van der Waals surface area (Å²) in [5.74, 6) is 0.228. The first-order chi connectivity index (χ1) is 8.70. The first kappa shape index (κ1) is 16.8. The second-order valence-corrected chi connectivity index (χ2v) is 7.94. The molecule has 2 atom stereocenters. The molecule has 0 heterocycles. The van der Waals surface area contributed by atoms with Crippen molar-refractivity contribution in [1.82, 2.24) is 5.32 Å². The van der Waals surface area contributed by atoms with Crippen molar-refractivity contribution in [2.24, 2.45) is 5.92 Å². The lowest BCUT2D eigenvalue weighted by molar-refractivity contribution is 0.492. The van der Waals surface area contributed by atoms with Gasteiger partial charge < -0.3 is 5.32 Å². The van der Waals surface area contributed by atoms with Crippen LogP contribution in [0, 0.1) is 5.92 Å². The van der Waals surface area contributed by atoms with Crippen molar-refractivity contribution >= 4 is 33.0 Å². The molecule has 1 N–H and O–H groups in total. The number of rotatable bonds is 6. The molecule has 0 aliphatic heterocycles. The highest BCUT2D eigenvalue weighted by Crippen LogP contribution is 2.29. The van der Waals surface area contributed by atoms with Crippen molar-refractivity contribution in [3.05, 3.63) is 33.8 Å². The maximum atomic E-state index is 11.2. The van der Waals surface area contributed by atoms with Gasteiger partial charge >= 0.3 is 0 Å². The third-order valence-corrected chi connectivity index (χ3v) is 4.82. The molecule has 0 saturated carbocycles. The standard InChI is InChI=1S/C13H19Cl2NO2S/c1-9(8-19(3,17)18)7-16-10(2)11-5-4-6-12(14)13(11)15/h4-6,9-10,16H,7-8H2,1-3H3/t9-,10+/m1/s1. The Morgan fingerprint density at radius 3 is 2.47 bits per heavy atom. The zero-order chi connectivity index (χ0) is 14.6. The van der Waals surface area contributed by atoms with E-state index < -0.39 is 9.84 Å². The molecule has 0 spiro atoms. The van der Waals surface area contributed by atoms with Gasteiger partial charge in [0, 0.05) is 12.3 Å². The largest absolute Gasteiger partial charge is 0.310 e. The van der Waals surface area contributed by atoms with Gasteiger partial charge in [-0.05, 0) is 31.0 Å². The van der Waals surface area contributed by atoms with Crippen LogP contribution in [0.25, 0.3) is 0 Å². The zero-order valence-corrected chi connectivity index (χ0v) is 13.6. The highest BCUT2D eigenvalue weighted by Gasteiger charge is 2.14. The first-order valence-electron chi connectivity index (χ1n) is 6.05. The maximum Gasteiger partial charge on any atom is 0.147 e. The molecule has 0 aromatic heterocycles. The van der Waals surface area contributed by atoms with Crippen molar-refractivity contribution in [1.29, 1.82) is 0 Å². The third kappa shape index (κ3) is 5.69. The van der Waals surface area contributed by atoms with E-state index in [0.717, 1.165) is 5.56 Å². The number of halogens is 2. The van der Waals surface area contributed by atoms with E-state index in [2.05, 4.69) is 5.32 Å². The van der Waals surface area contributed by atoms with Crippen LogP contribution in [-0.4, -0.2) is 27.0 Å². The summed E-state index contributed by atoms with van der Waals surface area (Å²) in [7, 11) is -2.94. The molecule has 0 aliphatic carbocycles. The van der Waals surface area contributed by atoms with Crippen LogP contribution in [-0.2, 0) is 9.84 Å². The average Bonchev–Trinajstić information content (AvgIpc) is 2.27. The summed E-state index contributed by atoms with van der Waals surface area (Å²) in [6, 6.07) is 5.52. The van der Waals surface area contributed by atoms with Crippen LogP contribution >= 0.6 is 23.2 Å². The van der Waals surface area contributed by atoms with Crippen LogP contribution in [0.15, 0.2) is 18.2 Å². The van der Waals surface area contributed by atoms with Gasteiger partial charge in [0.25, 0.3) is 0 Å². The Labute approximate surface area is 125 Å². The predicted octanol–water partition coefficient (Wildman–Crippen LogP) is 3.32. The molecule has 108 valence electrons. The second kappa shape index (κ2) is 6.93. The van der Waals surface area contributed by atoms with E-state index in [-0.39, 0.29) is 17.7 Å². The highest BCUT2D eigenvalue weighted by molar-refractivity contribution is 7.90. The molecule has 1 rings (SSSR count). The molecule has 0 saturated heterocycles. The fourth-order valence-electron chi connectivity index (χ4n) is 1.92. The van der Waals surface area contributed by atoms with Gasteiger partial charge in [-0.15, -0.1) is 0 Å². The summed E-state index contributed by atoms with van der Waals surface area (Å²) >= 11 is 12.1. The smallest absolute Gasteiger partial charge is 0.147 e. The minimum Gasteiger partial charge on any atom is -0.310 e. The van der Waals surface area contributed by atoms with Crippen molar-refractivity contribution < 1.29 is 8.42 Å². The molecule has 0 fully saturated rings. The van der Waals surface area contributed by atoms with Crippen molar-refractivity contribution in [3.8, 4) is 0 Å². The molecule has 0 amide bonds. The maximum absolute atomic E-state index is 11.2. The molecule has 0 bridgehead atoms. The minimum atomic E-state index is -2.94. The van der Waals surface area contributed by atoms with E-state index in [0.29, 0.717) is 16.6 Å².